The fourth-order valence-corrected chi connectivity index (χ4v) is 4.34. The third-order valence-corrected chi connectivity index (χ3v) is 5.69. The fraction of sp³-hybridized carbons (Fsp3) is 0.280. The summed E-state index contributed by atoms with van der Waals surface area (Å²) >= 11 is 0. The second-order valence-electron chi connectivity index (χ2n) is 7.47. The molecule has 0 saturated carbocycles. The Morgan fingerprint density at radius 3 is 2.55 bits per heavy atom. The van der Waals surface area contributed by atoms with Gasteiger partial charge in [-0.2, -0.15) is 0 Å². The number of hydrogen-bond donors (Lipinski definition) is 2. The third-order valence-electron chi connectivity index (χ3n) is 5.69. The summed E-state index contributed by atoms with van der Waals surface area (Å²) in [6, 6.07) is 12.3. The highest BCUT2D eigenvalue weighted by atomic mass is 16.5. The van der Waals surface area contributed by atoms with Gasteiger partial charge in [0.25, 0.3) is 0 Å². The van der Waals surface area contributed by atoms with Crippen LogP contribution in [0.5, 0.6) is 5.75 Å². The van der Waals surface area contributed by atoms with E-state index in [1.54, 1.807) is 0 Å². The second-order valence-corrected chi connectivity index (χ2v) is 7.47. The molecule has 4 heteroatoms. The van der Waals surface area contributed by atoms with Gasteiger partial charge in [0, 0.05) is 11.0 Å². The number of hydrogen-bond acceptors (Lipinski definition) is 4. The Kier molecular flexibility index (Phi) is 5.56. The molecule has 0 saturated heterocycles. The van der Waals surface area contributed by atoms with Gasteiger partial charge in [0.05, 0.1) is 19.1 Å². The summed E-state index contributed by atoms with van der Waals surface area (Å²) in [5, 5.41) is 20.9. The first-order chi connectivity index (χ1) is 14.2. The molecular formula is C25H26O4. The zero-order valence-corrected chi connectivity index (χ0v) is 16.5. The maximum absolute atomic E-state index is 9.35. The van der Waals surface area contributed by atoms with Crippen molar-refractivity contribution in [1.29, 1.82) is 0 Å². The molecule has 2 aromatic rings. The summed E-state index contributed by atoms with van der Waals surface area (Å²) in [6.07, 6.45) is 12.5. The molecule has 0 fully saturated rings. The highest BCUT2D eigenvalue weighted by molar-refractivity contribution is 5.89. The lowest BCUT2D eigenvalue weighted by Crippen LogP contribution is -2.32. The number of fused-ring (bicyclic) bond motifs is 2. The fourth-order valence-electron chi connectivity index (χ4n) is 4.34. The van der Waals surface area contributed by atoms with Gasteiger partial charge in [-0.1, -0.05) is 67.6 Å². The predicted octanol–water partition coefficient (Wildman–Crippen LogP) is 4.26. The van der Waals surface area contributed by atoms with Crippen LogP contribution in [0.1, 0.15) is 18.4 Å². The first-order valence-corrected chi connectivity index (χ1v) is 9.96. The van der Waals surface area contributed by atoms with Gasteiger partial charge in [0.15, 0.2) is 0 Å². The Balaban J connectivity index is 1.95. The summed E-state index contributed by atoms with van der Waals surface area (Å²) in [5.74, 6) is 1.41. The van der Waals surface area contributed by atoms with E-state index >= 15 is 0 Å². The molecule has 29 heavy (non-hydrogen) atoms. The molecule has 0 spiro atoms. The van der Waals surface area contributed by atoms with Crippen molar-refractivity contribution >= 4 is 10.8 Å². The monoisotopic (exact) mass is 390 g/mol. The standard InChI is InChI=1S/C25H26O4/c1-25-13-5-4-7-19(25)10-12-22(29-17-15-27)24(25)23-20-8-3-2-6-18(20)9-11-21(23)28-16-14-26/h2-13,24,26-27H,14-17H2,1H3. The molecule has 2 aliphatic rings. The lowest BCUT2D eigenvalue weighted by atomic mass is 9.63. The van der Waals surface area contributed by atoms with E-state index in [0.29, 0.717) is 0 Å². The van der Waals surface area contributed by atoms with Gasteiger partial charge in [-0.25, -0.2) is 0 Å². The van der Waals surface area contributed by atoms with Crippen LogP contribution in [0.4, 0.5) is 0 Å². The molecule has 2 N–H and O–H groups in total. The number of aliphatic hydroxyl groups is 2. The quantitative estimate of drug-likeness (QED) is 0.742. The Hall–Kier alpha value is -2.82. The molecule has 0 bridgehead atoms. The van der Waals surface area contributed by atoms with E-state index in [1.807, 2.05) is 36.4 Å². The van der Waals surface area contributed by atoms with E-state index in [-0.39, 0.29) is 37.8 Å². The maximum Gasteiger partial charge on any atom is 0.124 e. The van der Waals surface area contributed by atoms with Crippen LogP contribution in [0, 0.1) is 5.41 Å². The molecular weight excluding hydrogens is 364 g/mol. The molecule has 0 heterocycles. The molecule has 4 nitrogen and oxygen atoms in total. The topological polar surface area (TPSA) is 58.9 Å². The van der Waals surface area contributed by atoms with Crippen molar-refractivity contribution in [3.05, 3.63) is 89.8 Å². The minimum atomic E-state index is -0.324. The predicted molar refractivity (Wildman–Crippen MR) is 115 cm³/mol. The van der Waals surface area contributed by atoms with Crippen LogP contribution in [0.2, 0.25) is 0 Å². The van der Waals surface area contributed by atoms with Crippen LogP contribution in [0.15, 0.2) is 84.2 Å². The van der Waals surface area contributed by atoms with Crippen molar-refractivity contribution < 1.29 is 19.7 Å². The lowest BCUT2D eigenvalue weighted by Gasteiger charge is -2.42. The minimum absolute atomic E-state index is 0.0451. The highest BCUT2D eigenvalue weighted by Crippen LogP contribution is 2.55. The smallest absolute Gasteiger partial charge is 0.124 e. The van der Waals surface area contributed by atoms with E-state index < -0.39 is 0 Å². The summed E-state index contributed by atoms with van der Waals surface area (Å²) in [7, 11) is 0. The van der Waals surface area contributed by atoms with Crippen molar-refractivity contribution in [2.45, 2.75) is 12.8 Å². The van der Waals surface area contributed by atoms with Crippen LogP contribution < -0.4 is 4.74 Å². The lowest BCUT2D eigenvalue weighted by molar-refractivity contribution is 0.121. The molecule has 2 aromatic carbocycles. The molecule has 0 aromatic heterocycles. The van der Waals surface area contributed by atoms with E-state index in [0.717, 1.165) is 27.8 Å². The van der Waals surface area contributed by atoms with E-state index in [2.05, 4.69) is 43.4 Å². The van der Waals surface area contributed by atoms with Gasteiger partial charge in [-0.3, -0.25) is 0 Å². The maximum atomic E-state index is 9.35. The first-order valence-electron chi connectivity index (χ1n) is 9.96. The molecule has 0 aliphatic heterocycles. The van der Waals surface area contributed by atoms with Gasteiger partial charge >= 0.3 is 0 Å². The normalized spacial score (nSPS) is 22.8. The highest BCUT2D eigenvalue weighted by Gasteiger charge is 2.43. The van der Waals surface area contributed by atoms with E-state index in [4.69, 9.17) is 9.47 Å². The van der Waals surface area contributed by atoms with Gasteiger partial charge in [-0.05, 0) is 28.5 Å². The summed E-state index contributed by atoms with van der Waals surface area (Å²) in [6.45, 7) is 2.57. The van der Waals surface area contributed by atoms with Crippen molar-refractivity contribution in [3.63, 3.8) is 0 Å². The van der Waals surface area contributed by atoms with Gasteiger partial charge in [-0.15, -0.1) is 0 Å². The van der Waals surface area contributed by atoms with Crippen LogP contribution in [0.3, 0.4) is 0 Å². The average Bonchev–Trinajstić information content (AvgIpc) is 2.75. The van der Waals surface area contributed by atoms with Crippen molar-refractivity contribution in [1.82, 2.24) is 0 Å². The van der Waals surface area contributed by atoms with Crippen molar-refractivity contribution in [3.8, 4) is 5.75 Å². The number of rotatable bonds is 7. The van der Waals surface area contributed by atoms with Crippen molar-refractivity contribution in [2.75, 3.05) is 26.4 Å². The average molecular weight is 390 g/mol. The van der Waals surface area contributed by atoms with E-state index in [1.165, 1.54) is 5.57 Å². The number of ether oxygens (including phenoxy) is 2. The number of benzene rings is 2. The first kappa shape index (κ1) is 19.5. The Bertz CT molecular complexity index is 1010. The molecule has 2 unspecified atom stereocenters. The Morgan fingerprint density at radius 2 is 1.72 bits per heavy atom. The Labute approximate surface area is 171 Å². The zero-order valence-electron chi connectivity index (χ0n) is 16.5. The summed E-state index contributed by atoms with van der Waals surface area (Å²) in [5.41, 5.74) is 1.91. The van der Waals surface area contributed by atoms with Crippen LogP contribution in [-0.4, -0.2) is 36.6 Å². The van der Waals surface area contributed by atoms with Crippen LogP contribution in [0.25, 0.3) is 10.8 Å². The molecule has 0 radical (unpaired) electrons. The molecule has 0 amide bonds. The van der Waals surface area contributed by atoms with E-state index in [9.17, 15) is 10.2 Å². The van der Waals surface area contributed by atoms with Crippen LogP contribution >= 0.6 is 0 Å². The zero-order chi connectivity index (χ0) is 20.3. The summed E-state index contributed by atoms with van der Waals surface area (Å²) < 4.78 is 12.0. The van der Waals surface area contributed by atoms with Gasteiger partial charge in [0.1, 0.15) is 24.7 Å². The minimum Gasteiger partial charge on any atom is -0.495 e. The Morgan fingerprint density at radius 1 is 0.931 bits per heavy atom. The summed E-state index contributed by atoms with van der Waals surface area (Å²) in [4.78, 5) is 0. The molecule has 150 valence electrons. The number of aliphatic hydroxyl groups excluding tert-OH is 2. The molecule has 2 atom stereocenters. The third kappa shape index (κ3) is 3.50. The SMILES string of the molecule is CC12C=CC=CC1=CC=C(OCCO)C2c1c(OCCO)ccc2ccccc12. The number of allylic oxidation sites excluding steroid dienone is 8. The van der Waals surface area contributed by atoms with Gasteiger partial charge < -0.3 is 19.7 Å². The van der Waals surface area contributed by atoms with Gasteiger partial charge in [0.2, 0.25) is 0 Å². The molecule has 2 aliphatic carbocycles. The van der Waals surface area contributed by atoms with Crippen LogP contribution in [-0.2, 0) is 4.74 Å². The van der Waals surface area contributed by atoms with Crippen molar-refractivity contribution in [2.24, 2.45) is 5.41 Å². The second kappa shape index (κ2) is 8.27. The largest absolute Gasteiger partial charge is 0.495 e. The molecule has 4 rings (SSSR count).